The van der Waals surface area contributed by atoms with Crippen molar-refractivity contribution in [3.8, 4) is 0 Å². The fraction of sp³-hybridized carbons (Fsp3) is 0.368. The van der Waals surface area contributed by atoms with Crippen molar-refractivity contribution in [2.75, 3.05) is 45.2 Å². The first kappa shape index (κ1) is 19.0. The Morgan fingerprint density at radius 3 is 2.61 bits per heavy atom. The lowest BCUT2D eigenvalue weighted by Gasteiger charge is -2.36. The first-order valence-electron chi connectivity index (χ1n) is 8.98. The van der Waals surface area contributed by atoms with Crippen molar-refractivity contribution in [3.63, 3.8) is 0 Å². The first-order chi connectivity index (χ1) is 13.4. The summed E-state index contributed by atoms with van der Waals surface area (Å²) in [6.45, 7) is 2.60. The molecule has 0 N–H and O–H groups in total. The molecule has 1 atom stereocenters. The average molecular weight is 420 g/mol. The zero-order chi connectivity index (χ0) is 20.0. The second-order valence-electron chi connectivity index (χ2n) is 6.95. The fourth-order valence-electron chi connectivity index (χ4n) is 3.62. The van der Waals surface area contributed by atoms with Crippen LogP contribution < -0.4 is 4.90 Å². The van der Waals surface area contributed by atoms with Crippen LogP contribution in [0, 0.1) is 5.92 Å². The van der Waals surface area contributed by atoms with Gasteiger partial charge in [-0.25, -0.2) is 4.79 Å². The van der Waals surface area contributed by atoms with Crippen molar-refractivity contribution >= 4 is 51.9 Å². The largest absolute Gasteiger partial charge is 0.500 e. The number of urea groups is 1. The molecule has 0 radical (unpaired) electrons. The summed E-state index contributed by atoms with van der Waals surface area (Å²) in [5, 5.41) is 1.30. The predicted molar refractivity (Wildman–Crippen MR) is 109 cm³/mol. The van der Waals surface area contributed by atoms with Crippen LogP contribution in [-0.4, -0.2) is 77.5 Å². The van der Waals surface area contributed by atoms with Gasteiger partial charge < -0.3 is 9.80 Å². The number of carbonyl (C=O) groups is 3. The van der Waals surface area contributed by atoms with Gasteiger partial charge in [0.1, 0.15) is 5.92 Å². The van der Waals surface area contributed by atoms with Gasteiger partial charge in [0.25, 0.3) is 5.91 Å². The number of anilines is 1. The van der Waals surface area contributed by atoms with Gasteiger partial charge in [-0.2, -0.15) is 14.3 Å². The number of halogens is 1. The Kier molecular flexibility index (Phi) is 4.93. The summed E-state index contributed by atoms with van der Waals surface area (Å²) in [6.07, 6.45) is 1.69. The fourth-order valence-corrected chi connectivity index (χ4v) is 4.96. The van der Waals surface area contributed by atoms with E-state index >= 15 is 0 Å². The molecule has 1 saturated heterocycles. The van der Waals surface area contributed by atoms with E-state index in [-0.39, 0.29) is 17.8 Å². The van der Waals surface area contributed by atoms with E-state index in [9.17, 15) is 14.4 Å². The third-order valence-electron chi connectivity index (χ3n) is 5.25. The van der Waals surface area contributed by atoms with Crippen LogP contribution >= 0.6 is 23.4 Å². The average Bonchev–Trinajstić information content (AvgIpc) is 3.16. The maximum atomic E-state index is 13.0. The van der Waals surface area contributed by atoms with Crippen molar-refractivity contribution in [2.24, 2.45) is 5.92 Å². The Morgan fingerprint density at radius 1 is 1.21 bits per heavy atom. The molecular formula is C19H20ClN4O3S+. The highest BCUT2D eigenvalue weighted by molar-refractivity contribution is 8.18. The zero-order valence-electron chi connectivity index (χ0n) is 15.6. The van der Waals surface area contributed by atoms with Crippen molar-refractivity contribution in [2.45, 2.75) is 0 Å². The lowest BCUT2D eigenvalue weighted by molar-refractivity contribution is -0.403. The lowest BCUT2D eigenvalue weighted by atomic mass is 10.1. The number of piperazine rings is 1. The highest BCUT2D eigenvalue weighted by Gasteiger charge is 2.48. The first-order valence-corrected chi connectivity index (χ1v) is 10.2. The van der Waals surface area contributed by atoms with Gasteiger partial charge in [-0.3, -0.25) is 4.79 Å². The molecule has 3 aliphatic heterocycles. The molecule has 7 nitrogen and oxygen atoms in total. The number of hydrogen-bond donors (Lipinski definition) is 0. The monoisotopic (exact) mass is 419 g/mol. The number of rotatable bonds is 2. The number of amides is 4. The van der Waals surface area contributed by atoms with Crippen LogP contribution in [0.5, 0.6) is 0 Å². The van der Waals surface area contributed by atoms with Crippen LogP contribution in [-0.2, 0) is 9.59 Å². The molecule has 1 fully saturated rings. The van der Waals surface area contributed by atoms with Gasteiger partial charge >= 0.3 is 11.9 Å². The number of fused-ring (bicyclic) bond motifs is 1. The number of thioether (sulfide) groups is 1. The van der Waals surface area contributed by atoms with Crippen LogP contribution in [0.15, 0.2) is 35.2 Å². The highest BCUT2D eigenvalue weighted by atomic mass is 35.5. The van der Waals surface area contributed by atoms with Crippen molar-refractivity contribution in [1.29, 1.82) is 0 Å². The smallest absolute Gasteiger partial charge is 0.368 e. The van der Waals surface area contributed by atoms with Crippen molar-refractivity contribution in [1.82, 2.24) is 9.80 Å². The summed E-state index contributed by atoms with van der Waals surface area (Å²) in [5.41, 5.74) is 1.05. The van der Waals surface area contributed by atoms with E-state index < -0.39 is 5.92 Å². The number of hydrogen-bond acceptors (Lipinski definition) is 5. The Bertz CT molecular complexity index is 937. The lowest BCUT2D eigenvalue weighted by Crippen LogP contribution is -2.49. The standard InChI is InChI=1S/C19H20ClN4O3S/c1-21-16(25)14-11-15(28-18(14)22(2)19(21)27)17(26)24-8-6-23(7-9-24)13-5-3-4-12(20)10-13/h3-5,10-11,14H,6-9H2,1-2H3/q+1. The van der Waals surface area contributed by atoms with Crippen LogP contribution in [0.3, 0.4) is 0 Å². The van der Waals surface area contributed by atoms with Crippen molar-refractivity contribution < 1.29 is 19.0 Å². The minimum absolute atomic E-state index is 0.0889. The van der Waals surface area contributed by atoms with Crippen LogP contribution in [0.4, 0.5) is 10.5 Å². The predicted octanol–water partition coefficient (Wildman–Crippen LogP) is 1.87. The molecule has 0 aliphatic carbocycles. The molecule has 0 spiro atoms. The molecule has 0 bridgehead atoms. The van der Waals surface area contributed by atoms with E-state index in [1.54, 1.807) is 18.0 Å². The summed E-state index contributed by atoms with van der Waals surface area (Å²) in [6, 6.07) is 7.31. The van der Waals surface area contributed by atoms with Gasteiger partial charge in [-0.15, -0.1) is 0 Å². The molecule has 0 saturated carbocycles. The molecule has 4 rings (SSSR count). The van der Waals surface area contributed by atoms with Crippen molar-refractivity contribution in [3.05, 3.63) is 40.3 Å². The third-order valence-corrected chi connectivity index (χ3v) is 6.75. The second-order valence-corrected chi connectivity index (χ2v) is 8.45. The Balaban J connectivity index is 1.45. The van der Waals surface area contributed by atoms with E-state index in [2.05, 4.69) is 4.90 Å². The molecule has 28 heavy (non-hydrogen) atoms. The topological polar surface area (TPSA) is 63.9 Å². The van der Waals surface area contributed by atoms with Crippen LogP contribution in [0.2, 0.25) is 5.02 Å². The Labute approximate surface area is 172 Å². The molecule has 1 aromatic rings. The van der Waals surface area contributed by atoms with Gasteiger partial charge in [0, 0.05) is 36.9 Å². The van der Waals surface area contributed by atoms with Crippen LogP contribution in [0.25, 0.3) is 0 Å². The molecule has 4 amide bonds. The highest BCUT2D eigenvalue weighted by Crippen LogP contribution is 2.36. The molecule has 1 aromatic carbocycles. The van der Waals surface area contributed by atoms with Gasteiger partial charge in [-0.1, -0.05) is 17.7 Å². The zero-order valence-corrected chi connectivity index (χ0v) is 17.2. The second kappa shape index (κ2) is 7.25. The molecule has 0 aromatic heterocycles. The molecule has 146 valence electrons. The summed E-state index contributed by atoms with van der Waals surface area (Å²) in [5.74, 6) is -0.933. The van der Waals surface area contributed by atoms with E-state index in [1.807, 2.05) is 24.3 Å². The molecule has 1 unspecified atom stereocenters. The summed E-state index contributed by atoms with van der Waals surface area (Å²) in [7, 11) is 3.09. The van der Waals surface area contributed by atoms with E-state index in [0.717, 1.165) is 10.6 Å². The Morgan fingerprint density at radius 2 is 1.93 bits per heavy atom. The molecular weight excluding hydrogens is 400 g/mol. The minimum Gasteiger partial charge on any atom is -0.368 e. The normalized spacial score (nSPS) is 22.6. The van der Waals surface area contributed by atoms with Gasteiger partial charge in [0.05, 0.1) is 19.0 Å². The molecule has 3 heterocycles. The maximum Gasteiger partial charge on any atom is 0.500 e. The number of carbonyl (C=O) groups excluding carboxylic acids is 3. The van der Waals surface area contributed by atoms with Gasteiger partial charge in [-0.05, 0) is 36.0 Å². The van der Waals surface area contributed by atoms with Crippen LogP contribution in [0.1, 0.15) is 0 Å². The van der Waals surface area contributed by atoms with E-state index in [4.69, 9.17) is 11.6 Å². The molecule has 9 heteroatoms. The number of nitrogens with zero attached hydrogens (tertiary/aromatic N) is 4. The number of benzene rings is 1. The van der Waals surface area contributed by atoms with E-state index in [1.165, 1.54) is 23.4 Å². The Hall–Kier alpha value is -2.32. The summed E-state index contributed by atoms with van der Waals surface area (Å²) in [4.78, 5) is 43.1. The summed E-state index contributed by atoms with van der Waals surface area (Å²) < 4.78 is 1.45. The SMILES string of the molecule is CN1C(=O)C2C=C(C(=O)N3CCN(c4cccc(Cl)c4)CC3)SC2=[N+](C)C1=O. The maximum absolute atomic E-state index is 13.0. The number of imide groups is 1. The minimum atomic E-state index is -0.551. The molecule has 3 aliphatic rings. The van der Waals surface area contributed by atoms with Gasteiger partial charge in [0.15, 0.2) is 5.04 Å². The van der Waals surface area contributed by atoms with Gasteiger partial charge in [0.2, 0.25) is 0 Å². The summed E-state index contributed by atoms with van der Waals surface area (Å²) >= 11 is 7.30. The quantitative estimate of drug-likeness (QED) is 0.685. The third kappa shape index (κ3) is 3.20. The van der Waals surface area contributed by atoms with E-state index in [0.29, 0.717) is 41.2 Å².